The Morgan fingerprint density at radius 3 is 3.18 bits per heavy atom. The largest absolute Gasteiger partial charge is 0.329 e. The molecule has 3 nitrogen and oxygen atoms in total. The van der Waals surface area contributed by atoms with Crippen LogP contribution in [0.15, 0.2) is 18.3 Å². The molecule has 2 unspecified atom stereocenters. The highest BCUT2D eigenvalue weighted by atomic mass is 32.1. The van der Waals surface area contributed by atoms with Crippen molar-refractivity contribution in [2.24, 2.45) is 5.92 Å². The first-order valence-electron chi connectivity index (χ1n) is 6.31. The molecule has 0 spiro atoms. The van der Waals surface area contributed by atoms with E-state index in [1.54, 1.807) is 0 Å². The van der Waals surface area contributed by atoms with Crippen LogP contribution in [0.5, 0.6) is 0 Å². The zero-order valence-electron chi connectivity index (χ0n) is 10.0. The molecular weight excluding hydrogens is 230 g/mol. The van der Waals surface area contributed by atoms with Gasteiger partial charge in [-0.15, -0.1) is 0 Å². The van der Waals surface area contributed by atoms with E-state index in [4.69, 9.17) is 12.2 Å². The predicted octanol–water partition coefficient (Wildman–Crippen LogP) is 3.85. The maximum atomic E-state index is 5.44. The lowest BCUT2D eigenvalue weighted by molar-refractivity contribution is 0.284. The van der Waals surface area contributed by atoms with Crippen molar-refractivity contribution in [1.82, 2.24) is 14.5 Å². The number of imidazole rings is 1. The van der Waals surface area contributed by atoms with Crippen LogP contribution in [-0.2, 0) is 0 Å². The van der Waals surface area contributed by atoms with Crippen molar-refractivity contribution >= 4 is 23.4 Å². The van der Waals surface area contributed by atoms with Crippen LogP contribution in [0.3, 0.4) is 0 Å². The number of rotatable bonds is 1. The fourth-order valence-corrected chi connectivity index (χ4v) is 3.28. The number of nitrogens with zero attached hydrogens (tertiary/aromatic N) is 2. The minimum absolute atomic E-state index is 0.523. The molecule has 3 rings (SSSR count). The summed E-state index contributed by atoms with van der Waals surface area (Å²) in [5.41, 5.74) is 2.06. The highest BCUT2D eigenvalue weighted by molar-refractivity contribution is 7.71. The number of fused-ring (bicyclic) bond motifs is 1. The maximum Gasteiger partial charge on any atom is 0.179 e. The third-order valence-corrected chi connectivity index (χ3v) is 4.05. The van der Waals surface area contributed by atoms with Crippen molar-refractivity contribution in [3.05, 3.63) is 23.1 Å². The molecule has 0 saturated heterocycles. The SMILES string of the molecule is CC1CCCC(n2c(=S)[nH]c3cccnc32)C1. The fourth-order valence-electron chi connectivity index (χ4n) is 2.93. The summed E-state index contributed by atoms with van der Waals surface area (Å²) in [7, 11) is 0. The van der Waals surface area contributed by atoms with Crippen LogP contribution >= 0.6 is 12.2 Å². The number of nitrogens with one attached hydrogen (secondary N) is 1. The van der Waals surface area contributed by atoms with Gasteiger partial charge in [-0.2, -0.15) is 0 Å². The highest BCUT2D eigenvalue weighted by Crippen LogP contribution is 2.33. The van der Waals surface area contributed by atoms with E-state index in [9.17, 15) is 0 Å². The zero-order valence-corrected chi connectivity index (χ0v) is 10.8. The summed E-state index contributed by atoms with van der Waals surface area (Å²) >= 11 is 5.44. The van der Waals surface area contributed by atoms with Gasteiger partial charge in [0.05, 0.1) is 5.52 Å². The lowest BCUT2D eigenvalue weighted by Crippen LogP contribution is -2.18. The summed E-state index contributed by atoms with van der Waals surface area (Å²) in [6.07, 6.45) is 6.93. The van der Waals surface area contributed by atoms with E-state index in [1.165, 1.54) is 25.7 Å². The van der Waals surface area contributed by atoms with Crippen LogP contribution in [0.1, 0.15) is 38.6 Å². The third kappa shape index (κ3) is 1.90. The summed E-state index contributed by atoms with van der Waals surface area (Å²) in [6.45, 7) is 2.33. The molecule has 0 bridgehead atoms. The van der Waals surface area contributed by atoms with Gasteiger partial charge in [-0.05, 0) is 43.1 Å². The Morgan fingerprint density at radius 2 is 2.35 bits per heavy atom. The van der Waals surface area contributed by atoms with Gasteiger partial charge < -0.3 is 4.98 Å². The second-order valence-corrected chi connectivity index (χ2v) is 5.49. The Kier molecular flexibility index (Phi) is 2.74. The fraction of sp³-hybridized carbons (Fsp3) is 0.538. The molecule has 1 fully saturated rings. The van der Waals surface area contributed by atoms with Gasteiger partial charge in [0.2, 0.25) is 0 Å². The van der Waals surface area contributed by atoms with E-state index < -0.39 is 0 Å². The van der Waals surface area contributed by atoms with Crippen LogP contribution in [0.25, 0.3) is 11.2 Å². The molecule has 2 atom stereocenters. The van der Waals surface area contributed by atoms with Gasteiger partial charge in [-0.1, -0.05) is 19.8 Å². The van der Waals surface area contributed by atoms with Gasteiger partial charge in [0, 0.05) is 12.2 Å². The Morgan fingerprint density at radius 1 is 1.47 bits per heavy atom. The normalized spacial score (nSPS) is 25.2. The van der Waals surface area contributed by atoms with E-state index in [0.29, 0.717) is 6.04 Å². The monoisotopic (exact) mass is 247 g/mol. The topological polar surface area (TPSA) is 33.6 Å². The molecule has 2 aromatic rings. The van der Waals surface area contributed by atoms with Crippen LogP contribution in [0.4, 0.5) is 0 Å². The second kappa shape index (κ2) is 4.26. The summed E-state index contributed by atoms with van der Waals surface area (Å²) in [4.78, 5) is 7.72. The molecule has 0 aliphatic heterocycles. The van der Waals surface area contributed by atoms with Crippen LogP contribution in [0, 0.1) is 10.7 Å². The minimum Gasteiger partial charge on any atom is -0.329 e. The van der Waals surface area contributed by atoms with Crippen molar-refractivity contribution in [3.63, 3.8) is 0 Å². The van der Waals surface area contributed by atoms with Gasteiger partial charge in [-0.25, -0.2) is 4.98 Å². The number of pyridine rings is 1. The average Bonchev–Trinajstić information content (AvgIpc) is 2.64. The molecule has 1 N–H and O–H groups in total. The van der Waals surface area contributed by atoms with E-state index in [0.717, 1.165) is 21.9 Å². The number of aromatic nitrogens is 3. The number of hydrogen-bond acceptors (Lipinski definition) is 2. The van der Waals surface area contributed by atoms with Crippen molar-refractivity contribution < 1.29 is 0 Å². The maximum absolute atomic E-state index is 5.44. The van der Waals surface area contributed by atoms with E-state index in [2.05, 4.69) is 21.5 Å². The predicted molar refractivity (Wildman–Crippen MR) is 71.6 cm³/mol. The molecule has 90 valence electrons. The molecule has 4 heteroatoms. The Hall–Kier alpha value is -1.16. The van der Waals surface area contributed by atoms with Gasteiger partial charge in [0.1, 0.15) is 0 Å². The molecule has 2 aromatic heterocycles. The van der Waals surface area contributed by atoms with Crippen molar-refractivity contribution in [3.8, 4) is 0 Å². The van der Waals surface area contributed by atoms with Gasteiger partial charge >= 0.3 is 0 Å². The van der Waals surface area contributed by atoms with Crippen LogP contribution in [-0.4, -0.2) is 14.5 Å². The van der Waals surface area contributed by atoms with Crippen molar-refractivity contribution in [2.75, 3.05) is 0 Å². The number of H-pyrrole nitrogens is 1. The van der Waals surface area contributed by atoms with Crippen LogP contribution in [0.2, 0.25) is 0 Å². The first kappa shape index (κ1) is 11.0. The number of aromatic amines is 1. The zero-order chi connectivity index (χ0) is 11.8. The Balaban J connectivity index is 2.10. The standard InChI is InChI=1S/C13H17N3S/c1-9-4-2-5-10(8-9)16-12-11(15-13(16)17)6-3-7-14-12/h3,6-7,9-10H,2,4-5,8H2,1H3,(H,15,17). The summed E-state index contributed by atoms with van der Waals surface area (Å²) < 4.78 is 3.04. The lowest BCUT2D eigenvalue weighted by Gasteiger charge is -2.27. The first-order chi connectivity index (χ1) is 8.25. The van der Waals surface area contributed by atoms with E-state index >= 15 is 0 Å². The summed E-state index contributed by atoms with van der Waals surface area (Å²) in [6, 6.07) is 4.51. The first-order valence-corrected chi connectivity index (χ1v) is 6.72. The van der Waals surface area contributed by atoms with Crippen LogP contribution < -0.4 is 0 Å². The van der Waals surface area contributed by atoms with E-state index in [1.807, 2.05) is 18.3 Å². The Labute approximate surface area is 106 Å². The van der Waals surface area contributed by atoms with Crippen molar-refractivity contribution in [2.45, 2.75) is 38.6 Å². The lowest BCUT2D eigenvalue weighted by atomic mass is 9.87. The number of hydrogen-bond donors (Lipinski definition) is 1. The molecule has 0 radical (unpaired) electrons. The highest BCUT2D eigenvalue weighted by Gasteiger charge is 2.22. The molecule has 1 saturated carbocycles. The molecule has 0 aromatic carbocycles. The third-order valence-electron chi connectivity index (χ3n) is 3.75. The van der Waals surface area contributed by atoms with Gasteiger partial charge in [0.15, 0.2) is 10.4 Å². The molecule has 17 heavy (non-hydrogen) atoms. The van der Waals surface area contributed by atoms with Gasteiger partial charge in [-0.3, -0.25) is 4.57 Å². The minimum atomic E-state index is 0.523. The van der Waals surface area contributed by atoms with E-state index in [-0.39, 0.29) is 0 Å². The molecule has 1 aliphatic rings. The molecular formula is C13H17N3S. The Bertz CT molecular complexity index is 584. The molecule has 0 amide bonds. The average molecular weight is 247 g/mol. The smallest absolute Gasteiger partial charge is 0.179 e. The molecule has 1 aliphatic carbocycles. The van der Waals surface area contributed by atoms with Crippen molar-refractivity contribution in [1.29, 1.82) is 0 Å². The molecule has 2 heterocycles. The second-order valence-electron chi connectivity index (χ2n) is 5.10. The summed E-state index contributed by atoms with van der Waals surface area (Å²) in [5, 5.41) is 0. The quantitative estimate of drug-likeness (QED) is 0.777. The summed E-state index contributed by atoms with van der Waals surface area (Å²) in [5.74, 6) is 0.796. The van der Waals surface area contributed by atoms with Gasteiger partial charge in [0.25, 0.3) is 0 Å².